The predicted octanol–water partition coefficient (Wildman–Crippen LogP) is 7.21. The van der Waals surface area contributed by atoms with Gasteiger partial charge in [0.2, 0.25) is 0 Å². The first-order chi connectivity index (χ1) is 17.1. The average molecular weight is 494 g/mol. The van der Waals surface area contributed by atoms with Gasteiger partial charge in [-0.3, -0.25) is 9.59 Å². The van der Waals surface area contributed by atoms with E-state index in [1.807, 2.05) is 45.1 Å². The van der Waals surface area contributed by atoms with Crippen molar-refractivity contribution in [1.29, 1.82) is 5.41 Å². The maximum atomic E-state index is 13.0. The first kappa shape index (κ1) is 29.9. The number of hydrogen-bond donors (Lipinski definition) is 2. The van der Waals surface area contributed by atoms with Crippen LogP contribution < -0.4 is 0 Å². The first-order valence-corrected chi connectivity index (χ1v) is 13.7. The topological polar surface area (TPSA) is 78.2 Å². The lowest BCUT2D eigenvalue weighted by Gasteiger charge is -2.20. The van der Waals surface area contributed by atoms with Crippen molar-refractivity contribution in [3.05, 3.63) is 59.8 Å². The molecule has 4 heteroatoms. The van der Waals surface area contributed by atoms with Gasteiger partial charge in [-0.25, -0.2) is 0 Å². The number of rotatable bonds is 14. The summed E-state index contributed by atoms with van der Waals surface area (Å²) < 4.78 is 0. The van der Waals surface area contributed by atoms with E-state index in [2.05, 4.69) is 26.5 Å². The molecule has 0 amide bonds. The van der Waals surface area contributed by atoms with Gasteiger partial charge in [0.05, 0.1) is 5.71 Å². The molecule has 2 aliphatic rings. The molecule has 4 nitrogen and oxygen atoms in total. The number of carbonyl (C=O) groups excluding carboxylic acids is 2. The summed E-state index contributed by atoms with van der Waals surface area (Å²) >= 11 is 0. The van der Waals surface area contributed by atoms with Crippen LogP contribution >= 0.6 is 0 Å². The monoisotopic (exact) mass is 493 g/mol. The zero-order chi connectivity index (χ0) is 26.8. The van der Waals surface area contributed by atoms with E-state index in [1.54, 1.807) is 0 Å². The van der Waals surface area contributed by atoms with E-state index in [0.29, 0.717) is 48.9 Å². The number of fused-ring (bicyclic) bond motifs is 1. The van der Waals surface area contributed by atoms with Crippen molar-refractivity contribution in [1.82, 2.24) is 0 Å². The second kappa shape index (κ2) is 14.4. The van der Waals surface area contributed by atoms with Gasteiger partial charge in [-0.15, -0.1) is 0 Å². The lowest BCUT2D eigenvalue weighted by Crippen LogP contribution is -2.17. The standard InChI is InChI=1S/C32H47NO3/c1-7-24(11-9-21(3)4)18-30(33)31(35)16-10-22(5)23(6)17-25(8-2)19-32(36)26-12-14-27-28(15-13-26)29(27)20-34/h7-11,16,22-23,26-29,33-34H,3,12-15,17-20H2,1-2,4-6H3/b11-9-,16-10+,24-7+,25-8+,33-30?/t22?,23?,26?,27-,28+,29?. The minimum atomic E-state index is -0.256. The molecular formula is C32H47NO3. The Morgan fingerprint density at radius 1 is 1.00 bits per heavy atom. The molecule has 2 saturated carbocycles. The van der Waals surface area contributed by atoms with E-state index in [0.717, 1.165) is 43.3 Å². The molecule has 0 bridgehead atoms. The highest BCUT2D eigenvalue weighted by Gasteiger charge is 2.50. The largest absolute Gasteiger partial charge is 0.396 e. The molecule has 198 valence electrons. The van der Waals surface area contributed by atoms with Crippen LogP contribution in [-0.2, 0) is 9.59 Å². The molecule has 6 atom stereocenters. The number of Topliss-reactive ketones (excluding diaryl/α,β-unsaturated/α-hetero) is 1. The van der Waals surface area contributed by atoms with Crippen LogP contribution in [0.15, 0.2) is 59.8 Å². The van der Waals surface area contributed by atoms with Crippen molar-refractivity contribution in [3.8, 4) is 0 Å². The van der Waals surface area contributed by atoms with Gasteiger partial charge < -0.3 is 10.5 Å². The average Bonchev–Trinajstić information content (AvgIpc) is 3.58. The molecule has 2 rings (SSSR count). The Labute approximate surface area is 218 Å². The lowest BCUT2D eigenvalue weighted by molar-refractivity contribution is -0.122. The van der Waals surface area contributed by atoms with Crippen LogP contribution in [0.3, 0.4) is 0 Å². The molecule has 0 heterocycles. The number of aliphatic hydroxyl groups excluding tert-OH is 1. The van der Waals surface area contributed by atoms with E-state index in [1.165, 1.54) is 11.6 Å². The van der Waals surface area contributed by atoms with Crippen molar-refractivity contribution in [2.24, 2.45) is 35.5 Å². The van der Waals surface area contributed by atoms with Crippen LogP contribution in [0.4, 0.5) is 0 Å². The maximum Gasteiger partial charge on any atom is 0.199 e. The van der Waals surface area contributed by atoms with Crippen LogP contribution in [0.5, 0.6) is 0 Å². The fourth-order valence-corrected chi connectivity index (χ4v) is 5.49. The summed E-state index contributed by atoms with van der Waals surface area (Å²) in [5.74, 6) is 2.50. The minimum absolute atomic E-state index is 0.0802. The number of allylic oxidation sites excluding steroid dienone is 9. The Bertz CT molecular complexity index is 921. The van der Waals surface area contributed by atoms with E-state index < -0.39 is 0 Å². The highest BCUT2D eigenvalue weighted by Crippen LogP contribution is 2.54. The summed E-state index contributed by atoms with van der Waals surface area (Å²) in [6.45, 7) is 14.2. The summed E-state index contributed by atoms with van der Waals surface area (Å²) in [5.41, 5.74) is 3.11. The molecule has 2 fully saturated rings. The smallest absolute Gasteiger partial charge is 0.199 e. The third kappa shape index (κ3) is 8.96. The summed E-state index contributed by atoms with van der Waals surface area (Å²) in [5, 5.41) is 17.6. The van der Waals surface area contributed by atoms with Crippen molar-refractivity contribution in [3.63, 3.8) is 0 Å². The molecular weight excluding hydrogens is 446 g/mol. The van der Waals surface area contributed by atoms with Gasteiger partial charge in [0, 0.05) is 25.4 Å². The number of aliphatic hydroxyl groups is 1. The summed E-state index contributed by atoms with van der Waals surface area (Å²) in [7, 11) is 0. The number of nitrogens with one attached hydrogen (secondary N) is 1. The van der Waals surface area contributed by atoms with E-state index in [9.17, 15) is 14.7 Å². The molecule has 0 radical (unpaired) electrons. The SMILES string of the molecule is C=C(C)/C=C\C(=C/C)CC(=N)C(=O)/C=C/C(C)C(C)C/C(=C\C)CC(=O)C1CC[C@@H]2C(CO)[C@@H]2CC1. The highest BCUT2D eigenvalue weighted by molar-refractivity contribution is 6.43. The molecule has 36 heavy (non-hydrogen) atoms. The van der Waals surface area contributed by atoms with Crippen molar-refractivity contribution in [2.45, 2.75) is 79.6 Å². The van der Waals surface area contributed by atoms with Crippen molar-refractivity contribution < 1.29 is 14.7 Å². The Morgan fingerprint density at radius 2 is 1.64 bits per heavy atom. The van der Waals surface area contributed by atoms with Gasteiger partial charge in [-0.1, -0.05) is 62.0 Å². The molecule has 2 aliphatic carbocycles. The van der Waals surface area contributed by atoms with Gasteiger partial charge in [0.1, 0.15) is 5.78 Å². The van der Waals surface area contributed by atoms with Gasteiger partial charge >= 0.3 is 0 Å². The fourth-order valence-electron chi connectivity index (χ4n) is 5.49. The van der Waals surface area contributed by atoms with Crippen LogP contribution in [-0.4, -0.2) is 29.0 Å². The summed E-state index contributed by atoms with van der Waals surface area (Å²) in [6.07, 6.45) is 17.0. The number of hydrogen-bond acceptors (Lipinski definition) is 4. The van der Waals surface area contributed by atoms with Crippen LogP contribution in [0.25, 0.3) is 0 Å². The molecule has 0 aromatic rings. The number of carbonyl (C=O) groups is 2. The zero-order valence-corrected chi connectivity index (χ0v) is 23.1. The first-order valence-electron chi connectivity index (χ1n) is 13.7. The van der Waals surface area contributed by atoms with Gasteiger partial charge in [0.25, 0.3) is 0 Å². The second-order valence-electron chi connectivity index (χ2n) is 11.1. The molecule has 4 unspecified atom stereocenters. The molecule has 0 spiro atoms. The Hall–Kier alpha value is -2.33. The Kier molecular flexibility index (Phi) is 12.0. The van der Waals surface area contributed by atoms with Gasteiger partial charge in [-0.2, -0.15) is 0 Å². The molecule has 2 N–H and O–H groups in total. The fraction of sp³-hybridized carbons (Fsp3) is 0.594. The van der Waals surface area contributed by atoms with Crippen LogP contribution in [0.2, 0.25) is 0 Å². The highest BCUT2D eigenvalue weighted by atomic mass is 16.3. The molecule has 0 aromatic heterocycles. The zero-order valence-electron chi connectivity index (χ0n) is 23.1. The summed E-state index contributed by atoms with van der Waals surface area (Å²) in [4.78, 5) is 25.5. The van der Waals surface area contributed by atoms with Crippen molar-refractivity contribution in [2.75, 3.05) is 6.61 Å². The van der Waals surface area contributed by atoms with E-state index in [4.69, 9.17) is 5.41 Å². The van der Waals surface area contributed by atoms with Crippen molar-refractivity contribution >= 4 is 17.3 Å². The van der Waals surface area contributed by atoms with E-state index in [-0.39, 0.29) is 23.3 Å². The van der Waals surface area contributed by atoms with E-state index >= 15 is 0 Å². The second-order valence-corrected chi connectivity index (χ2v) is 11.1. The normalized spacial score (nSPS) is 26.4. The molecule has 0 saturated heterocycles. The predicted molar refractivity (Wildman–Crippen MR) is 150 cm³/mol. The Morgan fingerprint density at radius 3 is 2.17 bits per heavy atom. The molecule has 0 aliphatic heterocycles. The third-order valence-corrected chi connectivity index (χ3v) is 8.35. The quantitative estimate of drug-likeness (QED) is 0.116. The minimum Gasteiger partial charge on any atom is -0.396 e. The van der Waals surface area contributed by atoms with Crippen LogP contribution in [0.1, 0.15) is 79.6 Å². The lowest BCUT2D eigenvalue weighted by atomic mass is 9.84. The number of ketones is 2. The third-order valence-electron chi connectivity index (χ3n) is 8.35. The van der Waals surface area contributed by atoms with Gasteiger partial charge in [-0.05, 0) is 94.1 Å². The maximum absolute atomic E-state index is 13.0. The Balaban J connectivity index is 1.82. The van der Waals surface area contributed by atoms with Crippen LogP contribution in [0, 0.1) is 40.9 Å². The van der Waals surface area contributed by atoms with Gasteiger partial charge in [0.15, 0.2) is 5.78 Å². The molecule has 0 aromatic carbocycles. The summed E-state index contributed by atoms with van der Waals surface area (Å²) in [6, 6.07) is 0.